The average molecular weight is 348 g/mol. The molecule has 0 fully saturated rings. The van der Waals surface area contributed by atoms with Crippen LogP contribution in [0.1, 0.15) is 29.8 Å². The third kappa shape index (κ3) is 3.16. The Hall–Kier alpha value is -0.920. The fraction of sp³-hybridized carbons (Fsp3) is 0.333. The molecule has 2 rings (SSSR count). The minimum absolute atomic E-state index is 0.00567. The van der Waals surface area contributed by atoms with E-state index in [9.17, 15) is 8.78 Å². The second-order valence-corrected chi connectivity index (χ2v) is 5.64. The Morgan fingerprint density at radius 3 is 2.84 bits per heavy atom. The second-order valence-electron chi connectivity index (χ2n) is 3.96. The summed E-state index contributed by atoms with van der Waals surface area (Å²) in [4.78, 5) is 0.685. The quantitative estimate of drug-likeness (QED) is 0.838. The van der Waals surface area contributed by atoms with Gasteiger partial charge in [-0.25, -0.2) is 8.78 Å². The van der Waals surface area contributed by atoms with E-state index in [1.165, 1.54) is 18.3 Å². The first kappa shape index (κ1) is 14.5. The number of nitrogens with zero attached hydrogens (tertiary/aromatic N) is 2. The van der Waals surface area contributed by atoms with Crippen molar-refractivity contribution in [1.82, 2.24) is 14.9 Å². The van der Waals surface area contributed by atoms with Gasteiger partial charge in [0.05, 0.1) is 21.6 Å². The minimum Gasteiger partial charge on any atom is -0.305 e. The van der Waals surface area contributed by atoms with Gasteiger partial charge in [0.25, 0.3) is 0 Å². The predicted molar refractivity (Wildman–Crippen MR) is 74.1 cm³/mol. The van der Waals surface area contributed by atoms with Crippen LogP contribution in [-0.2, 0) is 0 Å². The lowest BCUT2D eigenvalue weighted by Gasteiger charge is -2.18. The van der Waals surface area contributed by atoms with Crippen molar-refractivity contribution in [1.29, 1.82) is 0 Å². The zero-order valence-electron chi connectivity index (χ0n) is 10.2. The van der Waals surface area contributed by atoms with Crippen molar-refractivity contribution >= 4 is 27.5 Å². The molecule has 2 aromatic rings. The first-order valence-corrected chi connectivity index (χ1v) is 7.35. The molecular weight excluding hydrogens is 336 g/mol. The zero-order valence-corrected chi connectivity index (χ0v) is 12.6. The Labute approximate surface area is 122 Å². The summed E-state index contributed by atoms with van der Waals surface area (Å²) in [5.41, 5.74) is -0.00567. The van der Waals surface area contributed by atoms with E-state index in [1.54, 1.807) is 0 Å². The third-order valence-corrected chi connectivity index (χ3v) is 3.97. The molecule has 19 heavy (non-hydrogen) atoms. The average Bonchev–Trinajstić information content (AvgIpc) is 2.92. The van der Waals surface area contributed by atoms with Crippen LogP contribution in [0.4, 0.5) is 8.78 Å². The van der Waals surface area contributed by atoms with Crippen LogP contribution < -0.4 is 5.32 Å². The van der Waals surface area contributed by atoms with Gasteiger partial charge in [-0.3, -0.25) is 0 Å². The van der Waals surface area contributed by atoms with E-state index in [0.717, 1.165) is 18.0 Å². The van der Waals surface area contributed by atoms with Crippen molar-refractivity contribution in [3.63, 3.8) is 0 Å². The van der Waals surface area contributed by atoms with Gasteiger partial charge in [-0.15, -0.1) is 5.10 Å². The first-order chi connectivity index (χ1) is 9.15. The second kappa shape index (κ2) is 6.49. The van der Waals surface area contributed by atoms with E-state index < -0.39 is 17.7 Å². The highest BCUT2D eigenvalue weighted by molar-refractivity contribution is 9.10. The summed E-state index contributed by atoms with van der Waals surface area (Å²) in [5, 5.41) is 6.86. The molecule has 102 valence electrons. The Kier molecular flexibility index (Phi) is 4.95. The Morgan fingerprint density at radius 1 is 1.42 bits per heavy atom. The standard InChI is InChI=1S/C12H12BrF2N3S/c1-2-5-16-12(9-6-17-18-19-9)10-8(14)4-3-7(13)11(10)15/h3-4,6,12,16H,2,5H2,1H3. The summed E-state index contributed by atoms with van der Waals surface area (Å²) in [5.74, 6) is -1.18. The van der Waals surface area contributed by atoms with E-state index in [-0.39, 0.29) is 10.0 Å². The van der Waals surface area contributed by atoms with E-state index in [1.807, 2.05) is 6.92 Å². The molecule has 0 spiro atoms. The lowest BCUT2D eigenvalue weighted by atomic mass is 10.0. The molecule has 0 saturated carbocycles. The highest BCUT2D eigenvalue weighted by Gasteiger charge is 2.24. The maximum Gasteiger partial charge on any atom is 0.145 e. The molecule has 1 N–H and O–H groups in total. The van der Waals surface area contributed by atoms with Crippen molar-refractivity contribution in [2.75, 3.05) is 6.54 Å². The SMILES string of the molecule is CCCNC(c1cnns1)c1c(F)ccc(Br)c1F. The van der Waals surface area contributed by atoms with Gasteiger partial charge in [-0.2, -0.15) is 0 Å². The Morgan fingerprint density at radius 2 is 2.21 bits per heavy atom. The van der Waals surface area contributed by atoms with Gasteiger partial charge < -0.3 is 5.32 Å². The lowest BCUT2D eigenvalue weighted by Crippen LogP contribution is -2.24. The molecule has 0 aliphatic heterocycles. The Bertz CT molecular complexity index is 548. The van der Waals surface area contributed by atoms with Crippen molar-refractivity contribution in [3.8, 4) is 0 Å². The first-order valence-electron chi connectivity index (χ1n) is 5.79. The highest BCUT2D eigenvalue weighted by Crippen LogP contribution is 2.31. The van der Waals surface area contributed by atoms with Crippen LogP contribution in [0.15, 0.2) is 22.8 Å². The van der Waals surface area contributed by atoms with Crippen molar-refractivity contribution in [3.05, 3.63) is 44.9 Å². The number of benzene rings is 1. The fourth-order valence-corrected chi connectivity index (χ4v) is 2.68. The summed E-state index contributed by atoms with van der Waals surface area (Å²) >= 11 is 4.21. The van der Waals surface area contributed by atoms with Crippen LogP contribution in [-0.4, -0.2) is 16.1 Å². The Balaban J connectivity index is 2.46. The summed E-state index contributed by atoms with van der Waals surface area (Å²) in [6.45, 7) is 2.64. The molecule has 1 aromatic heterocycles. The van der Waals surface area contributed by atoms with E-state index in [2.05, 4.69) is 30.8 Å². The largest absolute Gasteiger partial charge is 0.305 e. The number of hydrogen-bond donors (Lipinski definition) is 1. The summed E-state index contributed by atoms with van der Waals surface area (Å²) in [6.07, 6.45) is 2.39. The molecule has 0 saturated heterocycles. The van der Waals surface area contributed by atoms with Gasteiger partial charge in [0.15, 0.2) is 0 Å². The van der Waals surface area contributed by atoms with Gasteiger partial charge in [0, 0.05) is 5.56 Å². The smallest absolute Gasteiger partial charge is 0.145 e. The summed E-state index contributed by atoms with van der Waals surface area (Å²) in [6, 6.07) is 2.03. The van der Waals surface area contributed by atoms with E-state index in [4.69, 9.17) is 0 Å². The number of rotatable bonds is 5. The van der Waals surface area contributed by atoms with Crippen molar-refractivity contribution in [2.24, 2.45) is 0 Å². The van der Waals surface area contributed by atoms with Crippen LogP contribution >= 0.6 is 27.5 Å². The fourth-order valence-electron chi connectivity index (χ4n) is 1.74. The molecule has 0 aliphatic rings. The number of hydrogen-bond acceptors (Lipinski definition) is 4. The monoisotopic (exact) mass is 347 g/mol. The normalized spacial score (nSPS) is 12.6. The molecule has 3 nitrogen and oxygen atoms in total. The molecule has 0 aliphatic carbocycles. The predicted octanol–water partition coefficient (Wildman–Crippen LogP) is 3.67. The molecule has 7 heteroatoms. The molecule has 0 radical (unpaired) electrons. The third-order valence-electron chi connectivity index (χ3n) is 2.63. The minimum atomic E-state index is -0.595. The van der Waals surface area contributed by atoms with E-state index in [0.29, 0.717) is 11.4 Å². The van der Waals surface area contributed by atoms with Crippen LogP contribution in [0, 0.1) is 11.6 Å². The van der Waals surface area contributed by atoms with Crippen LogP contribution in [0.3, 0.4) is 0 Å². The number of aromatic nitrogens is 2. The van der Waals surface area contributed by atoms with Gasteiger partial charge in [0.2, 0.25) is 0 Å². The molecule has 0 amide bonds. The molecular formula is C12H12BrF2N3S. The van der Waals surface area contributed by atoms with Gasteiger partial charge in [-0.1, -0.05) is 11.4 Å². The molecule has 1 atom stereocenters. The van der Waals surface area contributed by atoms with Crippen LogP contribution in [0.5, 0.6) is 0 Å². The van der Waals surface area contributed by atoms with Crippen molar-refractivity contribution < 1.29 is 8.78 Å². The van der Waals surface area contributed by atoms with Crippen LogP contribution in [0.25, 0.3) is 0 Å². The molecule has 1 heterocycles. The lowest BCUT2D eigenvalue weighted by molar-refractivity contribution is 0.503. The van der Waals surface area contributed by atoms with Crippen LogP contribution in [0.2, 0.25) is 0 Å². The van der Waals surface area contributed by atoms with Gasteiger partial charge >= 0.3 is 0 Å². The van der Waals surface area contributed by atoms with Crippen molar-refractivity contribution in [2.45, 2.75) is 19.4 Å². The number of nitrogens with one attached hydrogen (secondary N) is 1. The van der Waals surface area contributed by atoms with E-state index >= 15 is 0 Å². The topological polar surface area (TPSA) is 37.8 Å². The molecule has 0 bridgehead atoms. The van der Waals surface area contributed by atoms with Gasteiger partial charge in [0.1, 0.15) is 11.6 Å². The molecule has 1 aromatic carbocycles. The molecule has 1 unspecified atom stereocenters. The maximum absolute atomic E-state index is 14.2. The number of halogens is 3. The van der Waals surface area contributed by atoms with Gasteiger partial charge in [-0.05, 0) is 52.6 Å². The summed E-state index contributed by atoms with van der Waals surface area (Å²) < 4.78 is 32.1. The highest BCUT2D eigenvalue weighted by atomic mass is 79.9. The zero-order chi connectivity index (χ0) is 13.8. The maximum atomic E-state index is 14.2. The summed E-state index contributed by atoms with van der Waals surface area (Å²) in [7, 11) is 0.